The summed E-state index contributed by atoms with van der Waals surface area (Å²) in [4.78, 5) is 48.4. The number of hydrogen-bond donors (Lipinski definition) is 3. The molecule has 2 amide bonds. The van der Waals surface area contributed by atoms with Gasteiger partial charge >= 0.3 is 0 Å². The first-order valence-electron chi connectivity index (χ1n) is 4.90. The summed E-state index contributed by atoms with van der Waals surface area (Å²) in [6.45, 7) is 5.23. The molecule has 0 saturated carbocycles. The van der Waals surface area contributed by atoms with Crippen LogP contribution in [0, 0.1) is 0 Å². The van der Waals surface area contributed by atoms with Crippen molar-refractivity contribution in [3.63, 3.8) is 0 Å². The number of aldehydes is 1. The van der Waals surface area contributed by atoms with Crippen LogP contribution in [0.3, 0.4) is 0 Å². The molecule has 0 aromatic heterocycles. The average Bonchev–Trinajstić information content (AvgIpc) is 2.29. The third kappa shape index (κ3) is 57.6. The van der Waals surface area contributed by atoms with Crippen molar-refractivity contribution in [3.8, 4) is 0 Å². The van der Waals surface area contributed by atoms with E-state index in [0.29, 0.717) is 0 Å². The number of hydrazine groups is 1. The Bertz CT molecular complexity index is 353. The molecule has 0 spiro atoms. The Morgan fingerprint density at radius 3 is 1.45 bits per heavy atom. The lowest BCUT2D eigenvalue weighted by Gasteiger charge is -1.86. The standard InChI is InChI=1S/C5H8N2O2.C3H4O2.C2H6N2O.CH4/c1-4(8)3-6-7-5(2)9;1-3(5)2-4;1-2(5)4-3;/h3H,1-2H3,(H,7,9);2H,1H3;3H2,1H3,(H,4,5);1H4/b6-3+;;;. The SMILES string of the molecule is C.CC(=O)/C=N/NC(C)=O.CC(=O)C=O.CC(=O)NN. The van der Waals surface area contributed by atoms with Gasteiger partial charge in [0.1, 0.15) is 0 Å². The number of amides is 2. The molecule has 0 unspecified atom stereocenters. The summed E-state index contributed by atoms with van der Waals surface area (Å²) in [5, 5.41) is 3.30. The number of nitrogens with one attached hydrogen (secondary N) is 2. The van der Waals surface area contributed by atoms with Gasteiger partial charge in [-0.05, 0) is 0 Å². The number of rotatable bonds is 3. The fourth-order valence-corrected chi connectivity index (χ4v) is 0.214. The zero-order valence-corrected chi connectivity index (χ0v) is 11.2. The van der Waals surface area contributed by atoms with Gasteiger partial charge < -0.3 is 0 Å². The number of carbonyl (C=O) groups excluding carboxylic acids is 5. The molecule has 0 aromatic carbocycles. The van der Waals surface area contributed by atoms with Crippen LogP contribution in [-0.2, 0) is 24.0 Å². The Labute approximate surface area is 117 Å². The first-order valence-corrected chi connectivity index (χ1v) is 4.90. The van der Waals surface area contributed by atoms with Gasteiger partial charge in [0, 0.05) is 27.7 Å². The van der Waals surface area contributed by atoms with Crippen molar-refractivity contribution < 1.29 is 24.0 Å². The minimum atomic E-state index is -0.426. The van der Waals surface area contributed by atoms with Crippen molar-refractivity contribution in [1.82, 2.24) is 10.9 Å². The topological polar surface area (TPSA) is 148 Å². The lowest BCUT2D eigenvalue weighted by Crippen LogP contribution is -2.26. The molecule has 0 aromatic rings. The largest absolute Gasteiger partial charge is 0.295 e. The molecular formula is C11H22N4O5. The van der Waals surface area contributed by atoms with Gasteiger partial charge in [0.2, 0.25) is 11.8 Å². The smallest absolute Gasteiger partial charge is 0.236 e. The summed E-state index contributed by atoms with van der Waals surface area (Å²) >= 11 is 0. The van der Waals surface area contributed by atoms with Crippen LogP contribution in [0.25, 0.3) is 0 Å². The van der Waals surface area contributed by atoms with Gasteiger partial charge in [-0.25, -0.2) is 11.3 Å². The van der Waals surface area contributed by atoms with Crippen molar-refractivity contribution in [2.24, 2.45) is 10.9 Å². The Hall–Kier alpha value is -2.42. The van der Waals surface area contributed by atoms with Crippen LogP contribution in [0.5, 0.6) is 0 Å². The molecule has 0 aliphatic carbocycles. The quantitative estimate of drug-likeness (QED) is 0.153. The summed E-state index contributed by atoms with van der Waals surface area (Å²) < 4.78 is 0. The van der Waals surface area contributed by atoms with Crippen molar-refractivity contribution >= 4 is 35.9 Å². The number of nitrogens with zero attached hydrogens (tertiary/aromatic N) is 1. The summed E-state index contributed by atoms with van der Waals surface area (Å²) in [6, 6.07) is 0. The maximum atomic E-state index is 10.1. The fourth-order valence-electron chi connectivity index (χ4n) is 0.214. The molecule has 116 valence electrons. The summed E-state index contributed by atoms with van der Waals surface area (Å²) in [5.74, 6) is 3.45. The average molecular weight is 290 g/mol. The van der Waals surface area contributed by atoms with Crippen LogP contribution >= 0.6 is 0 Å². The molecular weight excluding hydrogens is 268 g/mol. The van der Waals surface area contributed by atoms with Crippen molar-refractivity contribution in [1.29, 1.82) is 0 Å². The zero-order valence-electron chi connectivity index (χ0n) is 11.2. The number of Topliss-reactive ketones (excluding diaryl/α,β-unsaturated/α-hetero) is 2. The van der Waals surface area contributed by atoms with Crippen LogP contribution < -0.4 is 16.7 Å². The Morgan fingerprint density at radius 1 is 0.950 bits per heavy atom. The molecule has 0 atom stereocenters. The first kappa shape index (κ1) is 26.2. The van der Waals surface area contributed by atoms with E-state index in [0.717, 1.165) is 6.21 Å². The third-order valence-electron chi connectivity index (χ3n) is 0.838. The van der Waals surface area contributed by atoms with E-state index in [1.165, 1.54) is 27.7 Å². The van der Waals surface area contributed by atoms with Gasteiger partial charge in [0.05, 0.1) is 6.21 Å². The van der Waals surface area contributed by atoms with Crippen LogP contribution in [0.15, 0.2) is 5.10 Å². The first-order chi connectivity index (χ1) is 8.67. The molecule has 0 heterocycles. The number of nitrogens with two attached hydrogens (primary N) is 1. The van der Waals surface area contributed by atoms with Crippen LogP contribution in [0.2, 0.25) is 0 Å². The molecule has 0 fully saturated rings. The molecule has 9 heteroatoms. The number of hydrazone groups is 1. The van der Waals surface area contributed by atoms with E-state index in [-0.39, 0.29) is 31.3 Å². The van der Waals surface area contributed by atoms with Gasteiger partial charge in [-0.15, -0.1) is 0 Å². The van der Waals surface area contributed by atoms with Gasteiger partial charge in [0.25, 0.3) is 0 Å². The van der Waals surface area contributed by atoms with Crippen molar-refractivity contribution in [2.45, 2.75) is 35.1 Å². The Kier molecular flexibility index (Phi) is 24.8. The van der Waals surface area contributed by atoms with Crippen LogP contribution in [-0.4, -0.2) is 35.9 Å². The molecule has 4 N–H and O–H groups in total. The summed E-state index contributed by atoms with van der Waals surface area (Å²) in [5.41, 5.74) is 3.98. The second-order valence-corrected chi connectivity index (χ2v) is 2.97. The van der Waals surface area contributed by atoms with E-state index in [4.69, 9.17) is 4.79 Å². The fraction of sp³-hybridized carbons (Fsp3) is 0.455. The Balaban J connectivity index is -0.000000101. The van der Waals surface area contributed by atoms with Crippen LogP contribution in [0.4, 0.5) is 0 Å². The van der Waals surface area contributed by atoms with E-state index in [2.05, 4.69) is 16.4 Å². The van der Waals surface area contributed by atoms with E-state index in [1.807, 2.05) is 5.43 Å². The highest BCUT2D eigenvalue weighted by molar-refractivity contribution is 6.26. The van der Waals surface area contributed by atoms with E-state index < -0.39 is 5.78 Å². The van der Waals surface area contributed by atoms with Gasteiger partial charge in [-0.1, -0.05) is 7.43 Å². The van der Waals surface area contributed by atoms with E-state index in [1.54, 1.807) is 0 Å². The monoisotopic (exact) mass is 290 g/mol. The third-order valence-corrected chi connectivity index (χ3v) is 0.838. The Morgan fingerprint density at radius 2 is 1.30 bits per heavy atom. The minimum absolute atomic E-state index is 0. The highest BCUT2D eigenvalue weighted by Gasteiger charge is 1.84. The highest BCUT2D eigenvalue weighted by atomic mass is 16.2. The predicted octanol–water partition coefficient (Wildman–Crippen LogP) is -0.896. The summed E-state index contributed by atoms with van der Waals surface area (Å²) in [6.07, 6.45) is 1.32. The second-order valence-electron chi connectivity index (χ2n) is 2.97. The lowest BCUT2D eigenvalue weighted by atomic mass is 10.5. The van der Waals surface area contributed by atoms with Crippen molar-refractivity contribution in [2.75, 3.05) is 0 Å². The predicted molar refractivity (Wildman–Crippen MR) is 74.5 cm³/mol. The summed E-state index contributed by atoms with van der Waals surface area (Å²) in [7, 11) is 0. The van der Waals surface area contributed by atoms with Gasteiger partial charge in [-0.3, -0.25) is 29.4 Å². The van der Waals surface area contributed by atoms with Crippen molar-refractivity contribution in [3.05, 3.63) is 0 Å². The zero-order chi connectivity index (χ0) is 15.8. The lowest BCUT2D eigenvalue weighted by molar-refractivity contribution is -0.128. The molecule has 9 nitrogen and oxygen atoms in total. The normalized spacial score (nSPS) is 7.65. The minimum Gasteiger partial charge on any atom is -0.295 e. The maximum absolute atomic E-state index is 10.1. The maximum Gasteiger partial charge on any atom is 0.236 e. The van der Waals surface area contributed by atoms with Gasteiger partial charge in [0.15, 0.2) is 17.9 Å². The molecule has 0 aliphatic heterocycles. The van der Waals surface area contributed by atoms with E-state index in [9.17, 15) is 19.2 Å². The number of carbonyl (C=O) groups is 5. The molecule has 0 aliphatic rings. The second kappa shape index (κ2) is 18.9. The van der Waals surface area contributed by atoms with Crippen LogP contribution in [0.1, 0.15) is 35.1 Å². The van der Waals surface area contributed by atoms with E-state index >= 15 is 0 Å². The number of hydrogen-bond acceptors (Lipinski definition) is 7. The highest BCUT2D eigenvalue weighted by Crippen LogP contribution is 1.62. The molecule has 0 bridgehead atoms. The molecule has 0 radical (unpaired) electrons. The number of ketones is 2. The molecule has 0 saturated heterocycles. The molecule has 20 heavy (non-hydrogen) atoms. The van der Waals surface area contributed by atoms with Gasteiger partial charge in [-0.2, -0.15) is 5.10 Å². The molecule has 0 rings (SSSR count).